The maximum absolute atomic E-state index is 12.9. The van der Waals surface area contributed by atoms with Gasteiger partial charge < -0.3 is 14.7 Å². The quantitative estimate of drug-likeness (QED) is 0.870. The molecule has 142 valence electrons. The number of piperidine rings is 1. The lowest BCUT2D eigenvalue weighted by molar-refractivity contribution is -0.142. The van der Waals surface area contributed by atoms with E-state index >= 15 is 0 Å². The minimum Gasteiger partial charge on any atom is -0.480 e. The van der Waals surface area contributed by atoms with Gasteiger partial charge in [-0.15, -0.1) is 0 Å². The fourth-order valence-corrected chi connectivity index (χ4v) is 3.98. The summed E-state index contributed by atoms with van der Waals surface area (Å²) in [6.45, 7) is 8.21. The van der Waals surface area contributed by atoms with E-state index in [0.29, 0.717) is 26.1 Å². The summed E-state index contributed by atoms with van der Waals surface area (Å²) in [5.74, 6) is 0.0873. The summed E-state index contributed by atoms with van der Waals surface area (Å²) >= 11 is 0. The Kier molecular flexibility index (Phi) is 5.51. The Morgan fingerprint density at radius 2 is 1.88 bits per heavy atom. The van der Waals surface area contributed by atoms with Gasteiger partial charge in [0.2, 0.25) is 0 Å². The second-order valence-corrected chi connectivity index (χ2v) is 7.37. The molecule has 2 heterocycles. The minimum atomic E-state index is -0.798. The van der Waals surface area contributed by atoms with E-state index in [-0.39, 0.29) is 18.5 Å². The van der Waals surface area contributed by atoms with Crippen LogP contribution < -0.4 is 4.74 Å². The highest BCUT2D eigenvalue weighted by Gasteiger charge is 2.35. The summed E-state index contributed by atoms with van der Waals surface area (Å²) in [4.78, 5) is 27.7. The van der Waals surface area contributed by atoms with Crippen LogP contribution in [0.3, 0.4) is 0 Å². The first-order chi connectivity index (χ1) is 12.4. The van der Waals surface area contributed by atoms with E-state index in [2.05, 4.69) is 19.9 Å². The SMILES string of the molecule is CCN(CC(=O)O)C1CCN(C(=O)C2Cc3cc(C)c(C)cc3O2)CC1. The topological polar surface area (TPSA) is 70.1 Å². The fraction of sp³-hybridized carbons (Fsp3) is 0.600. The van der Waals surface area contributed by atoms with Crippen molar-refractivity contribution in [3.8, 4) is 5.75 Å². The zero-order valence-electron chi connectivity index (χ0n) is 15.8. The molecular formula is C20H28N2O4. The number of fused-ring (bicyclic) bond motifs is 1. The Bertz CT molecular complexity index is 664. The van der Waals surface area contributed by atoms with Gasteiger partial charge >= 0.3 is 5.97 Å². The average molecular weight is 360 g/mol. The summed E-state index contributed by atoms with van der Waals surface area (Å²) in [7, 11) is 0. The Morgan fingerprint density at radius 3 is 2.50 bits per heavy atom. The number of benzene rings is 1. The number of carbonyl (C=O) groups is 2. The molecule has 3 rings (SSSR count). The standard InChI is InChI=1S/C20H28N2O4/c1-4-21(12-19(23)24)16-5-7-22(8-6-16)20(25)18-11-15-9-13(2)14(3)10-17(15)26-18/h9-10,16,18H,4-8,11-12H2,1-3H3,(H,23,24). The van der Waals surface area contributed by atoms with Crippen LogP contribution >= 0.6 is 0 Å². The Morgan fingerprint density at radius 1 is 1.23 bits per heavy atom. The second-order valence-electron chi connectivity index (χ2n) is 7.37. The van der Waals surface area contributed by atoms with Gasteiger partial charge in [0.1, 0.15) is 5.75 Å². The van der Waals surface area contributed by atoms with Crippen LogP contribution in [0.25, 0.3) is 0 Å². The van der Waals surface area contributed by atoms with Crippen LogP contribution in [-0.2, 0) is 16.0 Å². The van der Waals surface area contributed by atoms with E-state index < -0.39 is 12.1 Å². The van der Waals surface area contributed by atoms with Crippen molar-refractivity contribution in [1.29, 1.82) is 0 Å². The van der Waals surface area contributed by atoms with Crippen LogP contribution in [0.1, 0.15) is 36.5 Å². The van der Waals surface area contributed by atoms with Crippen LogP contribution in [0.5, 0.6) is 5.75 Å². The number of aryl methyl sites for hydroxylation is 2. The lowest BCUT2D eigenvalue weighted by atomic mass is 10.0. The van der Waals surface area contributed by atoms with Crippen LogP contribution in [-0.4, -0.2) is 65.1 Å². The van der Waals surface area contributed by atoms with Crippen LogP contribution in [0, 0.1) is 13.8 Å². The molecule has 0 bridgehead atoms. The zero-order valence-corrected chi connectivity index (χ0v) is 15.8. The van der Waals surface area contributed by atoms with E-state index in [9.17, 15) is 9.59 Å². The highest BCUT2D eigenvalue weighted by Crippen LogP contribution is 2.32. The minimum absolute atomic E-state index is 0.0521. The number of rotatable bonds is 5. The number of likely N-dealkylation sites (N-methyl/N-ethyl adjacent to an activating group) is 1. The zero-order chi connectivity index (χ0) is 18.8. The third-order valence-electron chi connectivity index (χ3n) is 5.66. The molecule has 0 saturated carbocycles. The van der Waals surface area contributed by atoms with Gasteiger partial charge in [-0.3, -0.25) is 14.5 Å². The summed E-state index contributed by atoms with van der Waals surface area (Å²) in [5, 5.41) is 9.03. The first-order valence-electron chi connectivity index (χ1n) is 9.40. The first-order valence-corrected chi connectivity index (χ1v) is 9.40. The molecular weight excluding hydrogens is 332 g/mol. The number of carboxylic acids is 1. The Balaban J connectivity index is 1.57. The van der Waals surface area contributed by atoms with Gasteiger partial charge in [0.05, 0.1) is 6.54 Å². The summed E-state index contributed by atoms with van der Waals surface area (Å²) in [5.41, 5.74) is 3.51. The van der Waals surface area contributed by atoms with Gasteiger partial charge in [-0.05, 0) is 56.0 Å². The van der Waals surface area contributed by atoms with Gasteiger partial charge in [-0.1, -0.05) is 13.0 Å². The van der Waals surface area contributed by atoms with Crippen LogP contribution in [0.15, 0.2) is 12.1 Å². The van der Waals surface area contributed by atoms with E-state index in [1.54, 1.807) is 0 Å². The smallest absolute Gasteiger partial charge is 0.317 e. The normalized spacial score (nSPS) is 20.2. The molecule has 1 amide bonds. The molecule has 0 aromatic heterocycles. The summed E-state index contributed by atoms with van der Waals surface area (Å²) in [6, 6.07) is 4.37. The van der Waals surface area contributed by atoms with Gasteiger partial charge in [0.25, 0.3) is 5.91 Å². The molecule has 0 radical (unpaired) electrons. The maximum Gasteiger partial charge on any atom is 0.317 e. The highest BCUT2D eigenvalue weighted by molar-refractivity contribution is 5.83. The van der Waals surface area contributed by atoms with Gasteiger partial charge in [-0.25, -0.2) is 0 Å². The number of carboxylic acid groups (broad SMARTS) is 1. The van der Waals surface area contributed by atoms with Crippen molar-refractivity contribution in [1.82, 2.24) is 9.80 Å². The number of likely N-dealkylation sites (tertiary alicyclic amines) is 1. The second kappa shape index (κ2) is 7.66. The number of nitrogens with zero attached hydrogens (tertiary/aromatic N) is 2. The third-order valence-corrected chi connectivity index (χ3v) is 5.66. The highest BCUT2D eigenvalue weighted by atomic mass is 16.5. The fourth-order valence-electron chi connectivity index (χ4n) is 3.98. The monoisotopic (exact) mass is 360 g/mol. The molecule has 0 aliphatic carbocycles. The van der Waals surface area contributed by atoms with E-state index in [1.165, 1.54) is 11.1 Å². The predicted octanol–water partition coefficient (Wildman–Crippen LogP) is 2.00. The number of carbonyl (C=O) groups excluding carboxylic acids is 1. The van der Waals surface area contributed by atoms with Crippen molar-refractivity contribution >= 4 is 11.9 Å². The van der Waals surface area contributed by atoms with Crippen molar-refractivity contribution in [2.75, 3.05) is 26.2 Å². The lowest BCUT2D eigenvalue weighted by Gasteiger charge is -2.38. The number of aliphatic carboxylic acids is 1. The summed E-state index contributed by atoms with van der Waals surface area (Å²) in [6.07, 6.45) is 1.83. The van der Waals surface area contributed by atoms with E-state index in [1.807, 2.05) is 22.8 Å². The number of hydrogen-bond donors (Lipinski definition) is 1. The van der Waals surface area contributed by atoms with Crippen molar-refractivity contribution in [2.24, 2.45) is 0 Å². The lowest BCUT2D eigenvalue weighted by Crippen LogP contribution is -2.50. The first kappa shape index (κ1) is 18.7. The number of hydrogen-bond acceptors (Lipinski definition) is 4. The number of amides is 1. The predicted molar refractivity (Wildman–Crippen MR) is 98.5 cm³/mol. The maximum atomic E-state index is 12.9. The number of ether oxygens (including phenoxy) is 1. The van der Waals surface area contributed by atoms with Crippen molar-refractivity contribution < 1.29 is 19.4 Å². The third kappa shape index (κ3) is 3.85. The van der Waals surface area contributed by atoms with Crippen LogP contribution in [0.2, 0.25) is 0 Å². The van der Waals surface area contributed by atoms with E-state index in [0.717, 1.165) is 24.2 Å². The molecule has 1 fully saturated rings. The molecule has 1 atom stereocenters. The van der Waals surface area contributed by atoms with Crippen molar-refractivity contribution in [3.63, 3.8) is 0 Å². The molecule has 6 heteroatoms. The van der Waals surface area contributed by atoms with Gasteiger partial charge in [0.15, 0.2) is 6.10 Å². The molecule has 2 aliphatic rings. The van der Waals surface area contributed by atoms with Crippen LogP contribution in [0.4, 0.5) is 0 Å². The average Bonchev–Trinajstić information content (AvgIpc) is 3.02. The largest absolute Gasteiger partial charge is 0.480 e. The molecule has 1 saturated heterocycles. The molecule has 1 unspecified atom stereocenters. The Hall–Kier alpha value is -2.08. The van der Waals surface area contributed by atoms with Gasteiger partial charge in [-0.2, -0.15) is 0 Å². The molecule has 1 aromatic carbocycles. The molecule has 1 aromatic rings. The van der Waals surface area contributed by atoms with Crippen molar-refractivity contribution in [3.05, 3.63) is 28.8 Å². The van der Waals surface area contributed by atoms with Gasteiger partial charge in [0, 0.05) is 25.6 Å². The summed E-state index contributed by atoms with van der Waals surface area (Å²) < 4.78 is 5.93. The molecule has 26 heavy (non-hydrogen) atoms. The molecule has 6 nitrogen and oxygen atoms in total. The van der Waals surface area contributed by atoms with E-state index in [4.69, 9.17) is 9.84 Å². The molecule has 0 spiro atoms. The molecule has 2 aliphatic heterocycles. The molecule has 1 N–H and O–H groups in total. The van der Waals surface area contributed by atoms with Crippen molar-refractivity contribution in [2.45, 2.75) is 52.2 Å². The Labute approximate surface area is 154 Å².